The van der Waals surface area contributed by atoms with Crippen molar-refractivity contribution in [3.05, 3.63) is 35.1 Å². The van der Waals surface area contributed by atoms with Gasteiger partial charge in [-0.1, -0.05) is 0 Å². The Hall–Kier alpha value is -2.17. The molecule has 0 spiro atoms. The lowest BCUT2D eigenvalue weighted by Crippen LogP contribution is -2.44. The molecule has 1 aliphatic rings. The van der Waals surface area contributed by atoms with Gasteiger partial charge in [-0.05, 0) is 31.0 Å². The van der Waals surface area contributed by atoms with Crippen molar-refractivity contribution in [2.45, 2.75) is 19.4 Å². The minimum atomic E-state index is -0.363. The summed E-state index contributed by atoms with van der Waals surface area (Å²) in [5.41, 5.74) is 0.727. The van der Waals surface area contributed by atoms with E-state index in [-0.39, 0.29) is 24.4 Å². The van der Waals surface area contributed by atoms with Gasteiger partial charge in [-0.15, -0.1) is 0 Å². The summed E-state index contributed by atoms with van der Waals surface area (Å²) in [5, 5.41) is 24.4. The van der Waals surface area contributed by atoms with Gasteiger partial charge in [0.05, 0.1) is 18.2 Å². The highest BCUT2D eigenvalue weighted by Crippen LogP contribution is 2.31. The predicted octanol–water partition coefficient (Wildman–Crippen LogP) is 1.15. The van der Waals surface area contributed by atoms with Gasteiger partial charge in [0.25, 0.3) is 0 Å². The highest BCUT2D eigenvalue weighted by atomic mass is 19.1. The van der Waals surface area contributed by atoms with Crippen molar-refractivity contribution in [2.75, 3.05) is 33.4 Å². The highest BCUT2D eigenvalue weighted by Gasteiger charge is 2.34. The van der Waals surface area contributed by atoms with E-state index in [2.05, 4.69) is 15.6 Å². The smallest absolute Gasteiger partial charge is 0.191 e. The molecule has 0 saturated carbocycles. The van der Waals surface area contributed by atoms with Gasteiger partial charge in [0, 0.05) is 44.3 Å². The van der Waals surface area contributed by atoms with Crippen LogP contribution in [0.3, 0.4) is 0 Å². The van der Waals surface area contributed by atoms with E-state index < -0.39 is 0 Å². The molecule has 24 heavy (non-hydrogen) atoms. The van der Waals surface area contributed by atoms with Crippen molar-refractivity contribution in [3.8, 4) is 6.07 Å². The van der Waals surface area contributed by atoms with Crippen LogP contribution in [0.2, 0.25) is 0 Å². The fourth-order valence-electron chi connectivity index (χ4n) is 2.76. The summed E-state index contributed by atoms with van der Waals surface area (Å²) in [6, 6.07) is 6.26. The lowest BCUT2D eigenvalue weighted by Gasteiger charge is -2.27. The molecule has 6 nitrogen and oxygen atoms in total. The van der Waals surface area contributed by atoms with E-state index in [1.54, 1.807) is 7.05 Å². The number of aliphatic hydroxyl groups is 1. The van der Waals surface area contributed by atoms with Crippen molar-refractivity contribution >= 4 is 5.96 Å². The van der Waals surface area contributed by atoms with Gasteiger partial charge in [0.2, 0.25) is 0 Å². The molecule has 1 fully saturated rings. The van der Waals surface area contributed by atoms with E-state index >= 15 is 0 Å². The van der Waals surface area contributed by atoms with E-state index in [0.29, 0.717) is 43.3 Å². The van der Waals surface area contributed by atoms with Crippen LogP contribution in [0.15, 0.2) is 23.2 Å². The Morgan fingerprint density at radius 3 is 2.96 bits per heavy atom. The topological polar surface area (TPSA) is 89.7 Å². The summed E-state index contributed by atoms with van der Waals surface area (Å²) in [6.07, 6.45) is 1.55. The Morgan fingerprint density at radius 1 is 1.50 bits per heavy atom. The molecule has 0 amide bonds. The first-order valence-electron chi connectivity index (χ1n) is 7.94. The maximum Gasteiger partial charge on any atom is 0.191 e. The third-order valence-corrected chi connectivity index (χ3v) is 4.30. The lowest BCUT2D eigenvalue weighted by molar-refractivity contribution is 0.127. The molecule has 1 aromatic carbocycles. The molecule has 3 N–H and O–H groups in total. The summed E-state index contributed by atoms with van der Waals surface area (Å²) in [5.74, 6) is 0.180. The van der Waals surface area contributed by atoms with Crippen LogP contribution in [0.1, 0.15) is 24.0 Å². The molecule has 0 bridgehead atoms. The van der Waals surface area contributed by atoms with Gasteiger partial charge in [0.1, 0.15) is 5.82 Å². The molecule has 0 radical (unpaired) electrons. The SMILES string of the molecule is CN=C(NCc1cc(C#N)ccc1F)NCC1(CCO)CCOC1. The van der Waals surface area contributed by atoms with Gasteiger partial charge < -0.3 is 20.5 Å². The number of aliphatic hydroxyl groups excluding tert-OH is 1. The van der Waals surface area contributed by atoms with E-state index in [1.807, 2.05) is 6.07 Å². The number of rotatable bonds is 6. The van der Waals surface area contributed by atoms with Crippen LogP contribution in [0.4, 0.5) is 4.39 Å². The number of nitrogens with one attached hydrogen (secondary N) is 2. The third kappa shape index (κ3) is 4.66. The first-order chi connectivity index (χ1) is 11.6. The van der Waals surface area contributed by atoms with Crippen LogP contribution < -0.4 is 10.6 Å². The average molecular weight is 334 g/mol. The second kappa shape index (κ2) is 8.62. The second-order valence-electron chi connectivity index (χ2n) is 5.97. The number of halogens is 1. The van der Waals surface area contributed by atoms with Crippen LogP contribution in [-0.4, -0.2) is 44.5 Å². The number of guanidine groups is 1. The van der Waals surface area contributed by atoms with Crippen LogP contribution >= 0.6 is 0 Å². The standard InChI is InChI=1S/C17H23FN4O2/c1-20-16(22-11-17(4-6-23)5-7-24-12-17)21-10-14-8-13(9-19)2-3-15(14)18/h2-3,8,23H,4-7,10-12H2,1H3,(H2,20,21,22). The van der Waals surface area contributed by atoms with E-state index in [4.69, 9.17) is 10.00 Å². The quantitative estimate of drug-likeness (QED) is 0.536. The second-order valence-corrected chi connectivity index (χ2v) is 5.97. The Bertz CT molecular complexity index is 622. The number of hydrogen-bond acceptors (Lipinski definition) is 4. The molecule has 0 aliphatic carbocycles. The fourth-order valence-corrected chi connectivity index (χ4v) is 2.76. The maximum absolute atomic E-state index is 13.8. The van der Waals surface area contributed by atoms with Gasteiger partial charge in [-0.3, -0.25) is 4.99 Å². The van der Waals surface area contributed by atoms with E-state index in [1.165, 1.54) is 18.2 Å². The number of benzene rings is 1. The predicted molar refractivity (Wildman–Crippen MR) is 88.9 cm³/mol. The van der Waals surface area contributed by atoms with Crippen LogP contribution in [0.25, 0.3) is 0 Å². The van der Waals surface area contributed by atoms with E-state index in [0.717, 1.165) is 6.42 Å². The Morgan fingerprint density at radius 2 is 2.33 bits per heavy atom. The van der Waals surface area contributed by atoms with Crippen LogP contribution in [0, 0.1) is 22.6 Å². The van der Waals surface area contributed by atoms with Crippen molar-refractivity contribution in [2.24, 2.45) is 10.4 Å². The summed E-state index contributed by atoms with van der Waals surface area (Å²) in [6.45, 7) is 2.26. The Balaban J connectivity index is 1.92. The van der Waals surface area contributed by atoms with Crippen LogP contribution in [0.5, 0.6) is 0 Å². The Kier molecular flexibility index (Phi) is 6.53. The Labute approximate surface area is 141 Å². The zero-order chi connectivity index (χ0) is 17.4. The van der Waals surface area contributed by atoms with Gasteiger partial charge >= 0.3 is 0 Å². The number of nitriles is 1. The molecule has 1 saturated heterocycles. The molecule has 0 aromatic heterocycles. The monoisotopic (exact) mass is 334 g/mol. The van der Waals surface area contributed by atoms with Crippen molar-refractivity contribution in [1.29, 1.82) is 5.26 Å². The first kappa shape index (κ1) is 18.2. The first-order valence-corrected chi connectivity index (χ1v) is 7.94. The van der Waals surface area contributed by atoms with Crippen molar-refractivity contribution in [1.82, 2.24) is 10.6 Å². The van der Waals surface area contributed by atoms with E-state index in [9.17, 15) is 9.50 Å². The number of hydrogen-bond donors (Lipinski definition) is 3. The largest absolute Gasteiger partial charge is 0.396 e. The summed E-state index contributed by atoms with van der Waals surface area (Å²) >= 11 is 0. The fraction of sp³-hybridized carbons (Fsp3) is 0.529. The zero-order valence-corrected chi connectivity index (χ0v) is 13.8. The molecule has 7 heteroatoms. The number of ether oxygens (including phenoxy) is 1. The third-order valence-electron chi connectivity index (χ3n) is 4.30. The molecule has 1 aliphatic heterocycles. The summed E-state index contributed by atoms with van der Waals surface area (Å²) in [7, 11) is 1.64. The lowest BCUT2D eigenvalue weighted by atomic mass is 9.84. The molecule has 1 heterocycles. The van der Waals surface area contributed by atoms with Gasteiger partial charge in [0.15, 0.2) is 5.96 Å². The number of aliphatic imine (C=N–C) groups is 1. The molecular weight excluding hydrogens is 311 g/mol. The van der Waals surface area contributed by atoms with Crippen molar-refractivity contribution in [3.63, 3.8) is 0 Å². The normalized spacial score (nSPS) is 20.7. The molecule has 1 unspecified atom stereocenters. The minimum absolute atomic E-state index is 0.0989. The average Bonchev–Trinajstić information content (AvgIpc) is 3.05. The van der Waals surface area contributed by atoms with Crippen LogP contribution in [-0.2, 0) is 11.3 Å². The zero-order valence-electron chi connectivity index (χ0n) is 13.8. The maximum atomic E-state index is 13.8. The summed E-state index contributed by atoms with van der Waals surface area (Å²) in [4.78, 5) is 4.13. The van der Waals surface area contributed by atoms with Gasteiger partial charge in [-0.2, -0.15) is 5.26 Å². The minimum Gasteiger partial charge on any atom is -0.396 e. The summed E-state index contributed by atoms with van der Waals surface area (Å²) < 4.78 is 19.3. The van der Waals surface area contributed by atoms with Crippen molar-refractivity contribution < 1.29 is 14.2 Å². The number of nitrogens with zero attached hydrogens (tertiary/aromatic N) is 2. The molecule has 130 valence electrons. The van der Waals surface area contributed by atoms with Gasteiger partial charge in [-0.25, -0.2) is 4.39 Å². The molecule has 1 aromatic rings. The molecule has 2 rings (SSSR count). The molecular formula is C17H23FN4O2. The highest BCUT2D eigenvalue weighted by molar-refractivity contribution is 5.79. The molecule has 1 atom stereocenters.